The van der Waals surface area contributed by atoms with Gasteiger partial charge in [-0.05, 0) is 119 Å². The van der Waals surface area contributed by atoms with Crippen molar-refractivity contribution in [3.63, 3.8) is 0 Å². The minimum Gasteiger partial charge on any atom is -0.393 e. The van der Waals surface area contributed by atoms with E-state index in [4.69, 9.17) is 4.74 Å². The fourth-order valence-electron chi connectivity index (χ4n) is 13.3. The summed E-state index contributed by atoms with van der Waals surface area (Å²) in [6, 6.07) is 0.818. The number of ether oxygens (including phenoxy) is 1. The quantitative estimate of drug-likeness (QED) is 0.0801. The molecule has 4 saturated heterocycles. The van der Waals surface area contributed by atoms with E-state index >= 15 is 0 Å². The van der Waals surface area contributed by atoms with Crippen LogP contribution >= 0.6 is 11.8 Å². The van der Waals surface area contributed by atoms with E-state index in [-0.39, 0.29) is 53.2 Å². The number of carbonyl (C=O) groups excluding carboxylic acids is 3. The molecule has 0 aromatic carbocycles. The van der Waals surface area contributed by atoms with E-state index in [1.807, 2.05) is 11.8 Å². The lowest BCUT2D eigenvalue weighted by Gasteiger charge is -2.49. The van der Waals surface area contributed by atoms with Crippen molar-refractivity contribution in [3.05, 3.63) is 22.8 Å². The highest BCUT2D eigenvalue weighted by Crippen LogP contribution is 2.65. The summed E-state index contributed by atoms with van der Waals surface area (Å²) < 4.78 is 7.34. The second kappa shape index (κ2) is 16.9. The molecule has 10 nitrogen and oxygen atoms in total. The zero-order chi connectivity index (χ0) is 39.2. The van der Waals surface area contributed by atoms with E-state index in [0.717, 1.165) is 95.4 Å². The Kier molecular flexibility index (Phi) is 12.3. The van der Waals surface area contributed by atoms with Gasteiger partial charge in [-0.1, -0.05) is 50.8 Å². The largest absolute Gasteiger partial charge is 0.393 e. The first-order valence-corrected chi connectivity index (χ1v) is 23.7. The molecule has 11 heteroatoms. The number of hydrogen-bond acceptors (Lipinski definition) is 7. The number of likely N-dealkylation sites (tertiary alicyclic amines) is 1. The number of unbranched alkanes of at least 4 members (excludes halogenated alkanes) is 3. The maximum absolute atomic E-state index is 12.9. The maximum atomic E-state index is 12.9. The second-order valence-corrected chi connectivity index (χ2v) is 20.9. The molecule has 8 rings (SSSR count). The number of nitrogens with one attached hydrogen (secondary N) is 4. The zero-order valence-electron chi connectivity index (χ0n) is 34.7. The molecular weight excluding hydrogens is 723 g/mol. The average Bonchev–Trinajstić information content (AvgIpc) is 3.91. The standard InChI is InChI=1S/C45H71N5O5S/c1-27-22-37-42(29(3)45(55-37)18-16-32-33-14-13-30-23-31(51)15-17-44(30,4)35(33)24-34(32)28(45)2)50(25-27)21-20-47-40(53)11-6-5-9-19-46-39(52)12-8-7-10-38-41-36(26-56-38)48-43(54)49-41/h13,27,29,31-33,35-38,41-42,51H,5-12,14-26H2,1-4H3,(H,46,52)(H,47,53)(H2,48,49,54)/t27-,29+,31-,32-,33-,35-,36-,37+,38?,41-,42-,44-,45-/m0/s1. The lowest BCUT2D eigenvalue weighted by atomic mass is 9.56. The molecule has 0 aromatic rings. The van der Waals surface area contributed by atoms with E-state index in [0.29, 0.717) is 60.9 Å². The topological polar surface area (TPSA) is 132 Å². The van der Waals surface area contributed by atoms with Crippen molar-refractivity contribution < 1.29 is 24.2 Å². The molecule has 1 unspecified atom stereocenters. The molecule has 2 saturated carbocycles. The molecule has 4 amide bonds. The second-order valence-electron chi connectivity index (χ2n) is 19.6. The molecule has 312 valence electrons. The molecule has 4 aliphatic heterocycles. The van der Waals surface area contributed by atoms with Crippen LogP contribution < -0.4 is 21.3 Å². The van der Waals surface area contributed by atoms with Gasteiger partial charge in [0, 0.05) is 62.0 Å². The average molecular weight is 794 g/mol. The smallest absolute Gasteiger partial charge is 0.315 e. The summed E-state index contributed by atoms with van der Waals surface area (Å²) in [4.78, 5) is 39.4. The predicted molar refractivity (Wildman–Crippen MR) is 222 cm³/mol. The Hall–Kier alpha value is -2.08. The number of carbonyl (C=O) groups is 3. The highest BCUT2D eigenvalue weighted by molar-refractivity contribution is 8.00. The number of thioether (sulfide) groups is 1. The van der Waals surface area contributed by atoms with Crippen molar-refractivity contribution in [2.75, 3.05) is 31.9 Å². The van der Waals surface area contributed by atoms with E-state index in [1.165, 1.54) is 24.8 Å². The van der Waals surface area contributed by atoms with Gasteiger partial charge in [0.2, 0.25) is 11.8 Å². The molecule has 1 spiro atoms. The number of aliphatic hydroxyl groups is 1. The predicted octanol–water partition coefficient (Wildman–Crippen LogP) is 6.23. The highest BCUT2D eigenvalue weighted by Gasteiger charge is 2.61. The summed E-state index contributed by atoms with van der Waals surface area (Å²) in [5, 5.41) is 23.2. The summed E-state index contributed by atoms with van der Waals surface area (Å²) in [7, 11) is 0. The van der Waals surface area contributed by atoms with Crippen LogP contribution in [-0.4, -0.2) is 101 Å². The Morgan fingerprint density at radius 3 is 2.62 bits per heavy atom. The van der Waals surface area contributed by atoms with Crippen molar-refractivity contribution in [1.82, 2.24) is 26.2 Å². The van der Waals surface area contributed by atoms with Crippen LogP contribution in [0.1, 0.15) is 130 Å². The van der Waals surface area contributed by atoms with Crippen molar-refractivity contribution >= 4 is 29.6 Å². The summed E-state index contributed by atoms with van der Waals surface area (Å²) in [6.07, 6.45) is 18.0. The summed E-state index contributed by atoms with van der Waals surface area (Å²) >= 11 is 1.92. The maximum Gasteiger partial charge on any atom is 0.315 e. The SMILES string of the molecule is CC1=C2C[C@H]3[C@@H](CC=C4C[C@@H](O)CC[C@@]43C)[C@@H]2CC[C@]12O[C@@H]1C[C@H](C)CN(CCNC(=O)CCCCCNC(=O)CCCCC3SC[C@@H]4NC(=O)N[C@H]34)[C@H]1[C@H]2C. The van der Waals surface area contributed by atoms with Gasteiger partial charge in [-0.2, -0.15) is 11.8 Å². The first-order chi connectivity index (χ1) is 27.0. The number of urea groups is 1. The first kappa shape index (κ1) is 40.7. The third-order valence-corrected chi connectivity index (χ3v) is 17.8. The molecule has 8 aliphatic rings. The van der Waals surface area contributed by atoms with Crippen molar-refractivity contribution in [3.8, 4) is 0 Å². The molecule has 4 aliphatic carbocycles. The fraction of sp³-hybridized carbons (Fsp3) is 0.844. The Balaban J connectivity index is 0.745. The number of aliphatic hydroxyl groups excluding tert-OH is 1. The number of amides is 4. The van der Waals surface area contributed by atoms with Gasteiger partial charge in [0.25, 0.3) is 0 Å². The number of allylic oxidation sites excluding steroid dienone is 2. The van der Waals surface area contributed by atoms with Crippen LogP contribution in [0.15, 0.2) is 22.8 Å². The molecule has 5 N–H and O–H groups in total. The highest BCUT2D eigenvalue weighted by atomic mass is 32.2. The normalized spacial score (nSPS) is 41.3. The Morgan fingerprint density at radius 1 is 1.02 bits per heavy atom. The van der Waals surface area contributed by atoms with Crippen LogP contribution in [0.4, 0.5) is 4.79 Å². The van der Waals surface area contributed by atoms with Gasteiger partial charge >= 0.3 is 6.03 Å². The molecule has 0 aromatic heterocycles. The van der Waals surface area contributed by atoms with Crippen molar-refractivity contribution in [2.45, 2.75) is 172 Å². The van der Waals surface area contributed by atoms with Crippen LogP contribution in [0.2, 0.25) is 0 Å². The van der Waals surface area contributed by atoms with E-state index in [9.17, 15) is 19.5 Å². The van der Waals surface area contributed by atoms with Gasteiger partial charge in [0.15, 0.2) is 0 Å². The van der Waals surface area contributed by atoms with Gasteiger partial charge in [-0.25, -0.2) is 4.79 Å². The summed E-state index contributed by atoms with van der Waals surface area (Å²) in [5.41, 5.74) is 4.87. The number of hydrogen-bond donors (Lipinski definition) is 5. The third kappa shape index (κ3) is 7.85. The van der Waals surface area contributed by atoms with Gasteiger partial charge in [0.1, 0.15) is 0 Å². The van der Waals surface area contributed by atoms with Crippen LogP contribution in [0.5, 0.6) is 0 Å². The number of piperidine rings is 1. The summed E-state index contributed by atoms with van der Waals surface area (Å²) in [6.45, 7) is 13.0. The molecule has 0 bridgehead atoms. The van der Waals surface area contributed by atoms with Gasteiger partial charge in [-0.3, -0.25) is 14.5 Å². The minimum atomic E-state index is -0.174. The third-order valence-electron chi connectivity index (χ3n) is 16.3. The summed E-state index contributed by atoms with van der Waals surface area (Å²) in [5.74, 6) is 4.31. The molecule has 0 radical (unpaired) electrons. The number of fused-ring (bicyclic) bond motifs is 7. The molecule has 4 heterocycles. The Labute approximate surface area is 340 Å². The lowest BCUT2D eigenvalue weighted by Crippen LogP contribution is -2.54. The fourth-order valence-corrected chi connectivity index (χ4v) is 14.9. The molecule has 13 atom stereocenters. The van der Waals surface area contributed by atoms with Gasteiger partial charge in [0.05, 0.1) is 29.9 Å². The van der Waals surface area contributed by atoms with Crippen molar-refractivity contribution in [1.29, 1.82) is 0 Å². The van der Waals surface area contributed by atoms with E-state index in [1.54, 1.807) is 11.1 Å². The Bertz CT molecular complexity index is 1550. The zero-order valence-corrected chi connectivity index (χ0v) is 35.5. The number of rotatable bonds is 14. The monoisotopic (exact) mass is 794 g/mol. The van der Waals surface area contributed by atoms with Crippen LogP contribution in [-0.2, 0) is 14.3 Å². The van der Waals surface area contributed by atoms with Crippen LogP contribution in [0, 0.1) is 35.0 Å². The lowest BCUT2D eigenvalue weighted by molar-refractivity contribution is -0.122. The molecule has 56 heavy (non-hydrogen) atoms. The van der Waals surface area contributed by atoms with Gasteiger partial charge < -0.3 is 31.1 Å². The van der Waals surface area contributed by atoms with Crippen molar-refractivity contribution in [2.24, 2.45) is 35.0 Å². The van der Waals surface area contributed by atoms with Crippen LogP contribution in [0.3, 0.4) is 0 Å². The van der Waals surface area contributed by atoms with E-state index < -0.39 is 0 Å². The van der Waals surface area contributed by atoms with Gasteiger partial charge in [-0.15, -0.1) is 0 Å². The first-order valence-electron chi connectivity index (χ1n) is 22.7. The molecule has 6 fully saturated rings. The minimum absolute atomic E-state index is 0.0472. The van der Waals surface area contributed by atoms with Crippen LogP contribution in [0.25, 0.3) is 0 Å². The molecular formula is C45H71N5O5S. The Morgan fingerprint density at radius 2 is 1.80 bits per heavy atom. The number of nitrogens with zero attached hydrogens (tertiary/aromatic N) is 1. The van der Waals surface area contributed by atoms with E-state index in [2.05, 4.69) is 59.9 Å².